The molecule has 0 saturated carbocycles. The Hall–Kier alpha value is 0.290. The smallest absolute Gasteiger partial charge is 0.411 e. The van der Waals surface area contributed by atoms with E-state index in [-0.39, 0.29) is 35.6 Å². The maximum Gasteiger partial charge on any atom is 1.00 e. The van der Waals surface area contributed by atoms with Crippen LogP contribution in [0.15, 0.2) is 30.3 Å². The van der Waals surface area contributed by atoms with Crippen LogP contribution in [0.5, 0.6) is 0 Å². The van der Waals surface area contributed by atoms with Crippen molar-refractivity contribution in [2.45, 2.75) is 19.1 Å². The van der Waals surface area contributed by atoms with E-state index in [4.69, 9.17) is 24.8 Å². The Kier molecular flexibility index (Phi) is 7.72. The first-order valence-electron chi connectivity index (χ1n) is 4.71. The number of aliphatic hydroxyl groups excluding tert-OH is 1. The molecule has 0 aliphatic carbocycles. The molecule has 0 saturated heterocycles. The Labute approximate surface area is 130 Å². The van der Waals surface area contributed by atoms with Crippen molar-refractivity contribution in [1.29, 1.82) is 0 Å². The fraction of sp³-hybridized carbons (Fsp3) is 0.364. The van der Waals surface area contributed by atoms with Gasteiger partial charge in [-0.15, -0.1) is 0 Å². The average molecular weight is 263 g/mol. The molecule has 0 fully saturated rings. The standard InChI is InChI=1S/C11H15NOS2.Na/c1-8(12(2)11(14)15)10(13)9-6-4-3-5-7-9;/h3-8,10,13H,1-2H3,(H,14,15);/q;+1/p-1. The van der Waals surface area contributed by atoms with Gasteiger partial charge in [-0.1, -0.05) is 34.7 Å². The normalized spacial score (nSPS) is 13.4. The fourth-order valence-electron chi connectivity index (χ4n) is 1.31. The fourth-order valence-corrected chi connectivity index (χ4v) is 1.64. The summed E-state index contributed by atoms with van der Waals surface area (Å²) in [6, 6.07) is 9.39. The van der Waals surface area contributed by atoms with Crippen LogP contribution in [0.25, 0.3) is 0 Å². The number of benzene rings is 1. The molecule has 5 heteroatoms. The molecule has 2 nitrogen and oxygen atoms in total. The van der Waals surface area contributed by atoms with Crippen molar-refractivity contribution in [3.63, 3.8) is 0 Å². The third-order valence-electron chi connectivity index (χ3n) is 2.50. The quantitative estimate of drug-likeness (QED) is 0.424. The second-order valence-electron chi connectivity index (χ2n) is 3.47. The van der Waals surface area contributed by atoms with Crippen molar-refractivity contribution >= 4 is 29.2 Å². The third kappa shape index (κ3) is 4.28. The molecule has 0 radical (unpaired) electrons. The number of aliphatic hydroxyl groups is 1. The van der Waals surface area contributed by atoms with Crippen molar-refractivity contribution in [2.24, 2.45) is 0 Å². The van der Waals surface area contributed by atoms with Gasteiger partial charge in [0, 0.05) is 7.05 Å². The van der Waals surface area contributed by atoms with Gasteiger partial charge in [-0.3, -0.25) is 0 Å². The van der Waals surface area contributed by atoms with Gasteiger partial charge in [-0.25, -0.2) is 0 Å². The Morgan fingerprint density at radius 2 is 1.88 bits per heavy atom. The van der Waals surface area contributed by atoms with Gasteiger partial charge in [0.2, 0.25) is 0 Å². The van der Waals surface area contributed by atoms with Gasteiger partial charge in [0.1, 0.15) is 0 Å². The number of likely N-dealkylation sites (N-methyl/N-ethyl adjacent to an activating group) is 1. The van der Waals surface area contributed by atoms with Gasteiger partial charge < -0.3 is 34.9 Å². The molecule has 0 amide bonds. The van der Waals surface area contributed by atoms with Gasteiger partial charge >= 0.3 is 29.6 Å². The SMILES string of the molecule is CC(C(O)c1ccccc1)N(C)C(=S)[S-].[Na+]. The number of rotatable bonds is 3. The average Bonchev–Trinajstić information content (AvgIpc) is 2.27. The van der Waals surface area contributed by atoms with Crippen LogP contribution in [0.3, 0.4) is 0 Å². The number of thiocarbonyl (C=S) groups is 1. The Morgan fingerprint density at radius 1 is 1.38 bits per heavy atom. The molecule has 16 heavy (non-hydrogen) atoms. The molecule has 0 bridgehead atoms. The second-order valence-corrected chi connectivity index (χ2v) is 4.50. The van der Waals surface area contributed by atoms with E-state index in [0.29, 0.717) is 4.32 Å². The van der Waals surface area contributed by atoms with Crippen molar-refractivity contribution in [2.75, 3.05) is 7.05 Å². The summed E-state index contributed by atoms with van der Waals surface area (Å²) in [5, 5.41) is 10.1. The number of hydrogen-bond acceptors (Lipinski definition) is 3. The zero-order valence-electron chi connectivity index (χ0n) is 9.75. The number of nitrogens with zero attached hydrogens (tertiary/aromatic N) is 1. The van der Waals surface area contributed by atoms with Crippen LogP contribution in [-0.4, -0.2) is 27.4 Å². The largest absolute Gasteiger partial charge is 1.00 e. The maximum absolute atomic E-state index is 10.1. The van der Waals surface area contributed by atoms with Crippen LogP contribution in [0.4, 0.5) is 0 Å². The predicted octanol–water partition coefficient (Wildman–Crippen LogP) is -1.12. The molecule has 1 aromatic carbocycles. The van der Waals surface area contributed by atoms with E-state index in [9.17, 15) is 5.11 Å². The van der Waals surface area contributed by atoms with Crippen molar-refractivity contribution in [1.82, 2.24) is 4.90 Å². The van der Waals surface area contributed by atoms with Crippen LogP contribution in [-0.2, 0) is 12.6 Å². The van der Waals surface area contributed by atoms with E-state index in [2.05, 4.69) is 0 Å². The van der Waals surface area contributed by atoms with Gasteiger partial charge in [-0.05, 0) is 12.5 Å². The summed E-state index contributed by atoms with van der Waals surface area (Å²) in [6.45, 7) is 1.90. The summed E-state index contributed by atoms with van der Waals surface area (Å²) >= 11 is 9.79. The summed E-state index contributed by atoms with van der Waals surface area (Å²) in [5.41, 5.74) is 0.878. The zero-order chi connectivity index (χ0) is 11.4. The second kappa shape index (κ2) is 7.58. The minimum absolute atomic E-state index is 0. The topological polar surface area (TPSA) is 23.5 Å². The van der Waals surface area contributed by atoms with Crippen LogP contribution < -0.4 is 29.6 Å². The molecule has 2 unspecified atom stereocenters. The number of hydrogen-bond donors (Lipinski definition) is 1. The van der Waals surface area contributed by atoms with Crippen molar-refractivity contribution < 1.29 is 34.7 Å². The van der Waals surface area contributed by atoms with Crippen LogP contribution in [0.2, 0.25) is 0 Å². The molecular weight excluding hydrogens is 249 g/mol. The molecular formula is C11H14NNaOS2. The first-order chi connectivity index (χ1) is 7.04. The molecule has 82 valence electrons. The van der Waals surface area contributed by atoms with E-state index in [1.165, 1.54) is 0 Å². The minimum atomic E-state index is -0.572. The molecule has 0 aliphatic heterocycles. The van der Waals surface area contributed by atoms with Crippen LogP contribution in [0.1, 0.15) is 18.6 Å². The van der Waals surface area contributed by atoms with E-state index in [0.717, 1.165) is 5.56 Å². The van der Waals surface area contributed by atoms with Crippen LogP contribution >= 0.6 is 12.2 Å². The predicted molar refractivity (Wildman–Crippen MR) is 68.6 cm³/mol. The maximum atomic E-state index is 10.1. The van der Waals surface area contributed by atoms with Gasteiger partial charge in [0.25, 0.3) is 0 Å². The molecule has 1 N–H and O–H groups in total. The minimum Gasteiger partial charge on any atom is -0.411 e. The molecule has 0 aromatic heterocycles. The molecule has 0 aliphatic rings. The summed E-state index contributed by atoms with van der Waals surface area (Å²) in [7, 11) is 1.80. The van der Waals surface area contributed by atoms with Gasteiger partial charge in [0.05, 0.1) is 12.1 Å². The Balaban J connectivity index is 0.00000225. The van der Waals surface area contributed by atoms with Crippen molar-refractivity contribution in [3.05, 3.63) is 35.9 Å². The monoisotopic (exact) mass is 263 g/mol. The van der Waals surface area contributed by atoms with E-state index in [1.807, 2.05) is 37.3 Å². The first kappa shape index (κ1) is 16.3. The molecule has 2 atom stereocenters. The summed E-state index contributed by atoms with van der Waals surface area (Å²) < 4.78 is 0.373. The molecule has 1 rings (SSSR count). The van der Waals surface area contributed by atoms with E-state index >= 15 is 0 Å². The summed E-state index contributed by atoms with van der Waals surface area (Å²) in [5.74, 6) is 0. The Morgan fingerprint density at radius 3 is 2.31 bits per heavy atom. The first-order valence-corrected chi connectivity index (χ1v) is 5.52. The van der Waals surface area contributed by atoms with Crippen LogP contribution in [0, 0.1) is 0 Å². The van der Waals surface area contributed by atoms with E-state index in [1.54, 1.807) is 11.9 Å². The molecule has 0 spiro atoms. The van der Waals surface area contributed by atoms with Gasteiger partial charge in [0.15, 0.2) is 0 Å². The molecule has 1 aromatic rings. The summed E-state index contributed by atoms with van der Waals surface area (Å²) in [4.78, 5) is 1.72. The van der Waals surface area contributed by atoms with Gasteiger partial charge in [-0.2, -0.15) is 0 Å². The molecule has 0 heterocycles. The Bertz CT molecular complexity index is 334. The summed E-state index contributed by atoms with van der Waals surface area (Å²) in [6.07, 6.45) is -0.572. The van der Waals surface area contributed by atoms with E-state index < -0.39 is 6.10 Å². The zero-order valence-corrected chi connectivity index (χ0v) is 13.4. The van der Waals surface area contributed by atoms with Crippen molar-refractivity contribution in [3.8, 4) is 0 Å². The third-order valence-corrected chi connectivity index (χ3v) is 3.07.